The second-order valence-corrected chi connectivity index (χ2v) is 6.79. The van der Waals surface area contributed by atoms with E-state index in [4.69, 9.17) is 0 Å². The number of amides is 1. The average Bonchev–Trinajstić information content (AvgIpc) is 2.95. The fraction of sp³-hybridized carbons (Fsp3) is 0.615. The maximum absolute atomic E-state index is 11.8. The summed E-state index contributed by atoms with van der Waals surface area (Å²) in [6.45, 7) is 2.77. The van der Waals surface area contributed by atoms with Crippen molar-refractivity contribution >= 4 is 29.0 Å². The molecule has 0 bridgehead atoms. The number of thiophene rings is 1. The molecule has 1 N–H and O–H groups in total. The van der Waals surface area contributed by atoms with Gasteiger partial charge in [-0.3, -0.25) is 4.79 Å². The molecule has 4 heteroatoms. The lowest BCUT2D eigenvalue weighted by molar-refractivity contribution is 0.0959. The number of carbonyl (C=O) groups excluding carboxylic acids is 1. The van der Waals surface area contributed by atoms with Gasteiger partial charge in [-0.1, -0.05) is 12.8 Å². The van der Waals surface area contributed by atoms with E-state index in [1.165, 1.54) is 37.0 Å². The zero-order valence-electron chi connectivity index (χ0n) is 10.2. The van der Waals surface area contributed by atoms with Gasteiger partial charge in [0, 0.05) is 17.5 Å². The SMILES string of the molecule is Cc1ccsc1C(=O)NCCSC1CCCC1. The molecule has 1 amide bonds. The maximum Gasteiger partial charge on any atom is 0.261 e. The molecule has 0 aromatic carbocycles. The van der Waals surface area contributed by atoms with E-state index < -0.39 is 0 Å². The van der Waals surface area contributed by atoms with E-state index in [0.29, 0.717) is 0 Å². The second kappa shape index (κ2) is 6.45. The van der Waals surface area contributed by atoms with E-state index in [-0.39, 0.29) is 5.91 Å². The van der Waals surface area contributed by atoms with Gasteiger partial charge < -0.3 is 5.32 Å². The number of nitrogens with one attached hydrogen (secondary N) is 1. The van der Waals surface area contributed by atoms with Crippen LogP contribution in [0.1, 0.15) is 40.9 Å². The van der Waals surface area contributed by atoms with Gasteiger partial charge >= 0.3 is 0 Å². The number of thioether (sulfide) groups is 1. The average molecular weight is 269 g/mol. The van der Waals surface area contributed by atoms with E-state index in [1.807, 2.05) is 30.1 Å². The normalized spacial score (nSPS) is 16.3. The molecule has 1 heterocycles. The van der Waals surface area contributed by atoms with Gasteiger partial charge in [-0.15, -0.1) is 11.3 Å². The van der Waals surface area contributed by atoms with Crippen molar-refractivity contribution < 1.29 is 4.79 Å². The Hall–Kier alpha value is -0.480. The van der Waals surface area contributed by atoms with Crippen LogP contribution >= 0.6 is 23.1 Å². The first kappa shape index (κ1) is 13.0. The molecule has 1 aromatic rings. The lowest BCUT2D eigenvalue weighted by Crippen LogP contribution is -2.25. The van der Waals surface area contributed by atoms with Crippen LogP contribution in [0, 0.1) is 6.92 Å². The summed E-state index contributed by atoms with van der Waals surface area (Å²) in [6, 6.07) is 1.99. The highest BCUT2D eigenvalue weighted by atomic mass is 32.2. The minimum absolute atomic E-state index is 0.0875. The summed E-state index contributed by atoms with van der Waals surface area (Å²) >= 11 is 3.54. The third kappa shape index (κ3) is 3.75. The summed E-state index contributed by atoms with van der Waals surface area (Å²) in [7, 11) is 0. The van der Waals surface area contributed by atoms with E-state index in [2.05, 4.69) is 5.32 Å². The Morgan fingerprint density at radius 1 is 1.53 bits per heavy atom. The molecule has 2 rings (SSSR count). The first-order chi connectivity index (χ1) is 8.27. The van der Waals surface area contributed by atoms with Gasteiger partial charge in [0.1, 0.15) is 0 Å². The zero-order chi connectivity index (χ0) is 12.1. The van der Waals surface area contributed by atoms with Crippen LogP contribution < -0.4 is 5.32 Å². The minimum Gasteiger partial charge on any atom is -0.351 e. The number of hydrogen-bond donors (Lipinski definition) is 1. The molecule has 1 aliphatic carbocycles. The first-order valence-corrected chi connectivity index (χ1v) is 8.14. The van der Waals surface area contributed by atoms with Crippen molar-refractivity contribution in [2.45, 2.75) is 37.9 Å². The van der Waals surface area contributed by atoms with Gasteiger partial charge in [-0.2, -0.15) is 11.8 Å². The quantitative estimate of drug-likeness (QED) is 0.829. The molecule has 0 unspecified atom stereocenters. The van der Waals surface area contributed by atoms with Crippen LogP contribution in [0.2, 0.25) is 0 Å². The van der Waals surface area contributed by atoms with Crippen molar-refractivity contribution in [1.82, 2.24) is 5.32 Å². The zero-order valence-corrected chi connectivity index (χ0v) is 11.8. The van der Waals surface area contributed by atoms with Crippen LogP contribution in [-0.4, -0.2) is 23.5 Å². The molecule has 1 aliphatic rings. The minimum atomic E-state index is 0.0875. The highest BCUT2D eigenvalue weighted by molar-refractivity contribution is 7.99. The third-order valence-corrected chi connectivity index (χ3v) is 5.51. The van der Waals surface area contributed by atoms with Crippen molar-refractivity contribution in [3.8, 4) is 0 Å². The molecule has 0 radical (unpaired) electrons. The van der Waals surface area contributed by atoms with Crippen molar-refractivity contribution in [3.63, 3.8) is 0 Å². The van der Waals surface area contributed by atoms with Gasteiger partial charge in [0.2, 0.25) is 0 Å². The Labute approximate surface area is 111 Å². The Morgan fingerprint density at radius 3 is 2.94 bits per heavy atom. The van der Waals surface area contributed by atoms with Gasteiger partial charge in [0.05, 0.1) is 4.88 Å². The Kier molecular flexibility index (Phi) is 4.92. The topological polar surface area (TPSA) is 29.1 Å². The smallest absolute Gasteiger partial charge is 0.261 e. The number of carbonyl (C=O) groups is 1. The van der Waals surface area contributed by atoms with Gasteiger partial charge in [0.25, 0.3) is 5.91 Å². The van der Waals surface area contributed by atoms with E-state index >= 15 is 0 Å². The molecule has 0 atom stereocenters. The molecule has 1 saturated carbocycles. The summed E-state index contributed by atoms with van der Waals surface area (Å²) in [6.07, 6.45) is 5.50. The van der Waals surface area contributed by atoms with Crippen molar-refractivity contribution in [3.05, 3.63) is 21.9 Å². The monoisotopic (exact) mass is 269 g/mol. The van der Waals surface area contributed by atoms with Gasteiger partial charge in [-0.25, -0.2) is 0 Å². The van der Waals surface area contributed by atoms with Crippen LogP contribution in [0.15, 0.2) is 11.4 Å². The first-order valence-electron chi connectivity index (χ1n) is 6.21. The van der Waals surface area contributed by atoms with E-state index in [1.54, 1.807) is 0 Å². The van der Waals surface area contributed by atoms with Gasteiger partial charge in [0.15, 0.2) is 0 Å². The van der Waals surface area contributed by atoms with Crippen LogP contribution in [0.3, 0.4) is 0 Å². The number of rotatable bonds is 5. The van der Waals surface area contributed by atoms with Crippen molar-refractivity contribution in [1.29, 1.82) is 0 Å². The maximum atomic E-state index is 11.8. The lowest BCUT2D eigenvalue weighted by Gasteiger charge is -2.09. The van der Waals surface area contributed by atoms with Crippen LogP contribution in [0.5, 0.6) is 0 Å². The molecule has 0 aliphatic heterocycles. The van der Waals surface area contributed by atoms with Crippen molar-refractivity contribution in [2.24, 2.45) is 0 Å². The Bertz CT molecular complexity index is 369. The fourth-order valence-corrected chi connectivity index (χ4v) is 4.19. The summed E-state index contributed by atoms with van der Waals surface area (Å²) in [4.78, 5) is 12.7. The largest absolute Gasteiger partial charge is 0.351 e. The predicted molar refractivity (Wildman–Crippen MR) is 76.1 cm³/mol. The molecule has 0 spiro atoms. The summed E-state index contributed by atoms with van der Waals surface area (Å²) < 4.78 is 0. The van der Waals surface area contributed by atoms with Crippen LogP contribution in [-0.2, 0) is 0 Å². The molecule has 1 aromatic heterocycles. The molecule has 0 saturated heterocycles. The second-order valence-electron chi connectivity index (χ2n) is 4.47. The molecular formula is C13H19NOS2. The van der Waals surface area contributed by atoms with E-state index in [0.717, 1.165) is 28.0 Å². The Morgan fingerprint density at radius 2 is 2.29 bits per heavy atom. The summed E-state index contributed by atoms with van der Waals surface area (Å²) in [5.41, 5.74) is 1.08. The molecule has 1 fully saturated rings. The lowest BCUT2D eigenvalue weighted by atomic mass is 10.3. The Balaban J connectivity index is 1.65. The number of hydrogen-bond acceptors (Lipinski definition) is 3. The summed E-state index contributed by atoms with van der Waals surface area (Å²) in [5, 5.41) is 5.81. The molecule has 94 valence electrons. The fourth-order valence-electron chi connectivity index (χ4n) is 2.13. The van der Waals surface area contributed by atoms with Gasteiger partial charge in [-0.05, 0) is 36.8 Å². The predicted octanol–water partition coefficient (Wildman–Crippen LogP) is 3.46. The highest BCUT2D eigenvalue weighted by Crippen LogP contribution is 2.28. The molecule has 17 heavy (non-hydrogen) atoms. The highest BCUT2D eigenvalue weighted by Gasteiger charge is 2.15. The molecule has 2 nitrogen and oxygen atoms in total. The number of aryl methyl sites for hydroxylation is 1. The third-order valence-electron chi connectivity index (χ3n) is 3.11. The molecular weight excluding hydrogens is 250 g/mol. The van der Waals surface area contributed by atoms with Crippen LogP contribution in [0.25, 0.3) is 0 Å². The standard InChI is InChI=1S/C13H19NOS2/c1-10-6-8-17-12(10)13(15)14-7-9-16-11-4-2-3-5-11/h6,8,11H,2-5,7,9H2,1H3,(H,14,15). The summed E-state index contributed by atoms with van der Waals surface area (Å²) in [5.74, 6) is 1.13. The van der Waals surface area contributed by atoms with E-state index in [9.17, 15) is 4.79 Å². The van der Waals surface area contributed by atoms with Crippen molar-refractivity contribution in [2.75, 3.05) is 12.3 Å². The van der Waals surface area contributed by atoms with Crippen LogP contribution in [0.4, 0.5) is 0 Å².